The molecule has 0 fully saturated rings. The highest BCUT2D eigenvalue weighted by Crippen LogP contribution is 2.52. The first-order valence-electron chi connectivity index (χ1n) is 9.23. The van der Waals surface area contributed by atoms with Gasteiger partial charge in [0.1, 0.15) is 5.52 Å². The molecule has 0 aliphatic carbocycles. The second-order valence-electron chi connectivity index (χ2n) is 7.91. The summed E-state index contributed by atoms with van der Waals surface area (Å²) in [6.07, 6.45) is 0. The summed E-state index contributed by atoms with van der Waals surface area (Å²) in [7, 11) is 0. The minimum absolute atomic E-state index is 0.165. The minimum Gasteiger partial charge on any atom is -0.307 e. The summed E-state index contributed by atoms with van der Waals surface area (Å²) in [5.74, 6) is -0.406. The molecule has 0 bridgehead atoms. The number of thiazole rings is 1. The van der Waals surface area contributed by atoms with E-state index in [4.69, 9.17) is 0 Å². The third-order valence-corrected chi connectivity index (χ3v) is 6.61. The number of nitrogens with zero attached hydrogens (tertiary/aromatic N) is 2. The normalized spacial score (nSPS) is 18.6. The molecule has 2 aromatic carbocycles. The number of carbonyl (C=O) groups excluding carboxylic acids is 2. The predicted molar refractivity (Wildman–Crippen MR) is 118 cm³/mol. The van der Waals surface area contributed by atoms with Crippen LogP contribution in [0.3, 0.4) is 0 Å². The van der Waals surface area contributed by atoms with Crippen LogP contribution >= 0.6 is 23.1 Å². The van der Waals surface area contributed by atoms with Gasteiger partial charge in [0.05, 0.1) is 21.6 Å². The van der Waals surface area contributed by atoms with Crippen molar-refractivity contribution in [3.63, 3.8) is 0 Å². The molecule has 0 saturated heterocycles. The van der Waals surface area contributed by atoms with Gasteiger partial charge in [0, 0.05) is 17.2 Å². The van der Waals surface area contributed by atoms with Gasteiger partial charge in [0.25, 0.3) is 5.12 Å². The molecule has 150 valence electrons. The van der Waals surface area contributed by atoms with Crippen LogP contribution in [0.5, 0.6) is 0 Å². The van der Waals surface area contributed by atoms with E-state index in [2.05, 4.69) is 15.6 Å². The highest BCUT2D eigenvalue weighted by atomic mass is 32.2. The fourth-order valence-corrected chi connectivity index (χ4v) is 5.28. The number of hydrogen-bond acceptors (Lipinski definition) is 6. The molecule has 2 heterocycles. The van der Waals surface area contributed by atoms with Crippen LogP contribution in [0.1, 0.15) is 27.7 Å². The van der Waals surface area contributed by atoms with Crippen LogP contribution in [0.4, 0.5) is 11.4 Å². The Morgan fingerprint density at radius 2 is 1.76 bits per heavy atom. The zero-order chi connectivity index (χ0) is 20.8. The van der Waals surface area contributed by atoms with E-state index in [-0.39, 0.29) is 11.8 Å². The summed E-state index contributed by atoms with van der Waals surface area (Å²) < 4.78 is 1.04. The van der Waals surface area contributed by atoms with Gasteiger partial charge in [-0.05, 0) is 24.3 Å². The second kappa shape index (κ2) is 7.03. The first-order valence-corrected chi connectivity index (χ1v) is 10.9. The quantitative estimate of drug-likeness (QED) is 0.605. The largest absolute Gasteiger partial charge is 0.307 e. The lowest BCUT2D eigenvalue weighted by Gasteiger charge is -2.41. The van der Waals surface area contributed by atoms with E-state index in [9.17, 15) is 9.59 Å². The lowest BCUT2D eigenvalue weighted by Crippen LogP contribution is -2.66. The van der Waals surface area contributed by atoms with E-state index in [0.717, 1.165) is 26.5 Å². The highest BCUT2D eigenvalue weighted by Gasteiger charge is 2.49. The van der Waals surface area contributed by atoms with Crippen molar-refractivity contribution in [2.75, 3.05) is 4.90 Å². The summed E-state index contributed by atoms with van der Waals surface area (Å²) in [4.78, 5) is 32.8. The Bertz CT molecular complexity index is 1110. The Kier molecular flexibility index (Phi) is 4.78. The van der Waals surface area contributed by atoms with Gasteiger partial charge in [0.15, 0.2) is 0 Å². The van der Waals surface area contributed by atoms with E-state index < -0.39 is 10.5 Å². The first-order chi connectivity index (χ1) is 13.7. The fraction of sp³-hybridized carbons (Fsp3) is 0.286. The maximum atomic E-state index is 13.0. The van der Waals surface area contributed by atoms with Crippen molar-refractivity contribution >= 4 is 56.5 Å². The van der Waals surface area contributed by atoms with Crippen LogP contribution in [0.2, 0.25) is 0 Å². The lowest BCUT2D eigenvalue weighted by molar-refractivity contribution is -0.130. The summed E-state index contributed by atoms with van der Waals surface area (Å²) >= 11 is 2.96. The number of aromatic nitrogens is 1. The van der Waals surface area contributed by atoms with Gasteiger partial charge >= 0.3 is 0 Å². The van der Waals surface area contributed by atoms with Gasteiger partial charge in [-0.2, -0.15) is 0 Å². The van der Waals surface area contributed by atoms with Crippen molar-refractivity contribution in [1.82, 2.24) is 15.6 Å². The Morgan fingerprint density at radius 1 is 1.03 bits per heavy atom. The molecule has 6 nitrogen and oxygen atoms in total. The van der Waals surface area contributed by atoms with Crippen LogP contribution in [0.25, 0.3) is 10.2 Å². The molecule has 1 aliphatic rings. The van der Waals surface area contributed by atoms with Crippen molar-refractivity contribution in [2.24, 2.45) is 5.41 Å². The number of para-hydroxylation sites is 2. The molecular formula is C21H22N4O2S2. The number of rotatable bonds is 3. The fourth-order valence-electron chi connectivity index (χ4n) is 3.23. The average Bonchev–Trinajstić information content (AvgIpc) is 3.22. The summed E-state index contributed by atoms with van der Waals surface area (Å²) in [6, 6.07) is 13.8. The van der Waals surface area contributed by atoms with Gasteiger partial charge in [-0.25, -0.2) is 4.98 Å². The van der Waals surface area contributed by atoms with E-state index in [0.29, 0.717) is 0 Å². The third-order valence-electron chi connectivity index (χ3n) is 4.57. The molecule has 29 heavy (non-hydrogen) atoms. The number of nitrogens with one attached hydrogen (secondary N) is 2. The Balaban J connectivity index is 1.94. The summed E-state index contributed by atoms with van der Waals surface area (Å²) in [6.45, 7) is 7.00. The molecule has 0 spiro atoms. The molecule has 1 atom stereocenters. The third kappa shape index (κ3) is 3.47. The summed E-state index contributed by atoms with van der Waals surface area (Å²) in [5.41, 5.74) is 3.73. The highest BCUT2D eigenvalue weighted by molar-refractivity contribution is 8.01. The second-order valence-corrected chi connectivity index (χ2v) is 10.0. The number of carbonyl (C=O) groups is 2. The Hall–Kier alpha value is -2.58. The van der Waals surface area contributed by atoms with Gasteiger partial charge < -0.3 is 10.6 Å². The van der Waals surface area contributed by atoms with E-state index in [1.807, 2.05) is 68.1 Å². The molecule has 1 aliphatic heterocycles. The van der Waals surface area contributed by atoms with Crippen LogP contribution in [0.15, 0.2) is 52.9 Å². The molecule has 1 unspecified atom stereocenters. The molecule has 3 aromatic rings. The van der Waals surface area contributed by atoms with Crippen molar-refractivity contribution < 1.29 is 9.59 Å². The van der Waals surface area contributed by atoms with Crippen LogP contribution in [-0.4, -0.2) is 21.9 Å². The average molecular weight is 427 g/mol. The van der Waals surface area contributed by atoms with Crippen LogP contribution < -0.4 is 15.5 Å². The number of benzene rings is 2. The van der Waals surface area contributed by atoms with Gasteiger partial charge in [0.2, 0.25) is 11.8 Å². The number of thioether (sulfide) groups is 1. The Labute approximate surface area is 177 Å². The molecule has 0 radical (unpaired) electrons. The molecule has 1 aromatic heterocycles. The molecule has 2 amide bonds. The smallest absolute Gasteiger partial charge is 0.252 e. The van der Waals surface area contributed by atoms with E-state index in [1.54, 1.807) is 16.8 Å². The van der Waals surface area contributed by atoms with Crippen LogP contribution in [0, 0.1) is 5.41 Å². The maximum absolute atomic E-state index is 13.0. The number of amides is 2. The lowest BCUT2D eigenvalue weighted by atomic mass is 9.96. The number of hydrogen-bond donors (Lipinski definition) is 2. The predicted octanol–water partition coefficient (Wildman–Crippen LogP) is 4.45. The van der Waals surface area contributed by atoms with Gasteiger partial charge in [-0.3, -0.25) is 14.5 Å². The SMILES string of the molecule is CC(=O)NC1(NC(=O)C(C)(C)C)Sc2ccccc2N1c1cccc2scnc12. The van der Waals surface area contributed by atoms with E-state index >= 15 is 0 Å². The minimum atomic E-state index is -1.20. The molecule has 2 N–H and O–H groups in total. The van der Waals surface area contributed by atoms with Crippen molar-refractivity contribution in [3.8, 4) is 0 Å². The van der Waals surface area contributed by atoms with Crippen molar-refractivity contribution in [2.45, 2.75) is 37.7 Å². The monoisotopic (exact) mass is 426 g/mol. The van der Waals surface area contributed by atoms with E-state index in [1.165, 1.54) is 18.7 Å². The standard InChI is InChI=1S/C21H22N4O2S2/c1-13(26)23-21(24-19(27)20(2,3)4)25(14-8-5-6-10-16(14)29-21)15-9-7-11-17-18(15)22-12-28-17/h5-12H,1-4H3,(H,23,26)(H,24,27). The molecule has 8 heteroatoms. The maximum Gasteiger partial charge on any atom is 0.252 e. The molecule has 4 rings (SSSR count). The van der Waals surface area contributed by atoms with Crippen molar-refractivity contribution in [1.29, 1.82) is 0 Å². The van der Waals surface area contributed by atoms with Gasteiger partial charge in [-0.1, -0.05) is 50.7 Å². The number of anilines is 2. The zero-order valence-electron chi connectivity index (χ0n) is 16.6. The zero-order valence-corrected chi connectivity index (χ0v) is 18.3. The first kappa shape index (κ1) is 19.7. The molecular weight excluding hydrogens is 404 g/mol. The Morgan fingerprint density at radius 3 is 2.48 bits per heavy atom. The summed E-state index contributed by atoms with van der Waals surface area (Å²) in [5, 5.41) is 4.92. The van der Waals surface area contributed by atoms with Crippen LogP contribution in [-0.2, 0) is 9.59 Å². The molecule has 0 saturated carbocycles. The number of fused-ring (bicyclic) bond motifs is 2. The topological polar surface area (TPSA) is 74.3 Å². The van der Waals surface area contributed by atoms with Crippen molar-refractivity contribution in [3.05, 3.63) is 48.0 Å². The van der Waals surface area contributed by atoms with Gasteiger partial charge in [-0.15, -0.1) is 11.3 Å².